The Hall–Kier alpha value is -2.07. The van der Waals surface area contributed by atoms with E-state index in [9.17, 15) is 0 Å². The molecule has 2 aromatic rings. The molecule has 2 N–H and O–H groups in total. The summed E-state index contributed by atoms with van der Waals surface area (Å²) in [5.41, 5.74) is 8.33. The van der Waals surface area contributed by atoms with Crippen LogP contribution in [0.15, 0.2) is 42.7 Å². The molecule has 0 radical (unpaired) electrons. The lowest BCUT2D eigenvalue weighted by atomic mass is 10.1. The van der Waals surface area contributed by atoms with Crippen LogP contribution in [0.5, 0.6) is 11.5 Å². The highest BCUT2D eigenvalue weighted by Crippen LogP contribution is 2.19. The third-order valence-electron chi connectivity index (χ3n) is 3.16. The van der Waals surface area contributed by atoms with Crippen molar-refractivity contribution >= 4 is 0 Å². The first-order valence-corrected chi connectivity index (χ1v) is 7.22. The zero-order chi connectivity index (χ0) is 15.1. The van der Waals surface area contributed by atoms with Crippen molar-refractivity contribution in [2.75, 3.05) is 13.2 Å². The Bertz CT molecular complexity index is 572. The van der Waals surface area contributed by atoms with E-state index in [1.54, 1.807) is 12.4 Å². The molecule has 21 heavy (non-hydrogen) atoms. The topological polar surface area (TPSA) is 57.4 Å². The highest BCUT2D eigenvalue weighted by molar-refractivity contribution is 5.28. The molecule has 0 spiro atoms. The summed E-state index contributed by atoms with van der Waals surface area (Å²) >= 11 is 0. The van der Waals surface area contributed by atoms with Crippen LogP contribution in [0.1, 0.15) is 30.5 Å². The molecule has 0 amide bonds. The highest BCUT2D eigenvalue weighted by atomic mass is 16.5. The number of ether oxygens (including phenoxy) is 2. The van der Waals surface area contributed by atoms with Crippen molar-refractivity contribution in [3.63, 3.8) is 0 Å². The van der Waals surface area contributed by atoms with Gasteiger partial charge in [-0.1, -0.05) is 12.1 Å². The van der Waals surface area contributed by atoms with Gasteiger partial charge in [-0.3, -0.25) is 4.98 Å². The Morgan fingerprint density at radius 2 is 2.00 bits per heavy atom. The molecule has 0 saturated heterocycles. The molecule has 4 heteroatoms. The average molecular weight is 286 g/mol. The molecular weight excluding hydrogens is 264 g/mol. The van der Waals surface area contributed by atoms with Gasteiger partial charge in [-0.05, 0) is 43.2 Å². The van der Waals surface area contributed by atoms with Crippen LogP contribution < -0.4 is 15.2 Å². The second-order valence-electron chi connectivity index (χ2n) is 4.95. The summed E-state index contributed by atoms with van der Waals surface area (Å²) in [5.74, 6) is 1.63. The number of benzene rings is 1. The Labute approximate surface area is 125 Å². The van der Waals surface area contributed by atoms with Crippen LogP contribution in [-0.2, 0) is 0 Å². The number of hydrogen-bond acceptors (Lipinski definition) is 4. The van der Waals surface area contributed by atoms with Crippen LogP contribution in [-0.4, -0.2) is 18.2 Å². The van der Waals surface area contributed by atoms with Gasteiger partial charge in [-0.15, -0.1) is 0 Å². The van der Waals surface area contributed by atoms with Crippen molar-refractivity contribution in [1.29, 1.82) is 0 Å². The fourth-order valence-electron chi connectivity index (χ4n) is 2.06. The van der Waals surface area contributed by atoms with E-state index >= 15 is 0 Å². The van der Waals surface area contributed by atoms with Gasteiger partial charge in [0.05, 0.1) is 19.4 Å². The zero-order valence-electron chi connectivity index (χ0n) is 12.6. The van der Waals surface area contributed by atoms with Crippen LogP contribution in [0.3, 0.4) is 0 Å². The van der Waals surface area contributed by atoms with E-state index in [4.69, 9.17) is 15.2 Å². The number of aryl methyl sites for hydroxylation is 1. The van der Waals surface area contributed by atoms with Gasteiger partial charge in [0.25, 0.3) is 0 Å². The van der Waals surface area contributed by atoms with E-state index in [1.807, 2.05) is 44.2 Å². The number of aromatic nitrogens is 1. The molecule has 112 valence electrons. The number of nitrogens with zero attached hydrogens (tertiary/aromatic N) is 1. The van der Waals surface area contributed by atoms with Gasteiger partial charge in [-0.25, -0.2) is 0 Å². The van der Waals surface area contributed by atoms with Crippen molar-refractivity contribution in [2.24, 2.45) is 5.73 Å². The Morgan fingerprint density at radius 1 is 1.14 bits per heavy atom. The standard InChI is InChI=1S/C17H22N2O2/c1-3-20-16-10-14(11-19-12-16)17(18)7-8-21-15-6-4-5-13(2)9-15/h4-6,9-12,17H,3,7-8,18H2,1-2H3. The molecule has 4 nitrogen and oxygen atoms in total. The Kier molecular flexibility index (Phi) is 5.58. The van der Waals surface area contributed by atoms with Crippen molar-refractivity contribution in [1.82, 2.24) is 4.98 Å². The lowest BCUT2D eigenvalue weighted by Gasteiger charge is -2.14. The van der Waals surface area contributed by atoms with Gasteiger partial charge < -0.3 is 15.2 Å². The van der Waals surface area contributed by atoms with E-state index in [0.717, 1.165) is 23.5 Å². The molecule has 1 unspecified atom stereocenters. The van der Waals surface area contributed by atoms with Gasteiger partial charge in [0.2, 0.25) is 0 Å². The quantitative estimate of drug-likeness (QED) is 0.848. The van der Waals surface area contributed by atoms with E-state index in [-0.39, 0.29) is 6.04 Å². The first kappa shape index (κ1) is 15.3. The van der Waals surface area contributed by atoms with Gasteiger partial charge in [0, 0.05) is 18.7 Å². The maximum atomic E-state index is 6.18. The van der Waals surface area contributed by atoms with Crippen LogP contribution in [0, 0.1) is 6.92 Å². The number of pyridine rings is 1. The van der Waals surface area contributed by atoms with Crippen molar-refractivity contribution in [3.8, 4) is 11.5 Å². The summed E-state index contributed by atoms with van der Waals surface area (Å²) in [7, 11) is 0. The maximum absolute atomic E-state index is 6.18. The molecule has 0 aliphatic rings. The number of nitrogens with two attached hydrogens (primary N) is 1. The summed E-state index contributed by atoms with van der Waals surface area (Å²) in [6, 6.07) is 9.83. The monoisotopic (exact) mass is 286 g/mol. The van der Waals surface area contributed by atoms with Crippen LogP contribution in [0.4, 0.5) is 0 Å². The van der Waals surface area contributed by atoms with Gasteiger partial charge in [0.15, 0.2) is 0 Å². The molecule has 0 aliphatic heterocycles. The molecule has 0 bridgehead atoms. The third-order valence-corrected chi connectivity index (χ3v) is 3.16. The van der Waals surface area contributed by atoms with E-state index < -0.39 is 0 Å². The van der Waals surface area contributed by atoms with E-state index in [2.05, 4.69) is 4.98 Å². The molecular formula is C17H22N2O2. The molecule has 1 aromatic carbocycles. The van der Waals surface area contributed by atoms with Crippen molar-refractivity contribution in [2.45, 2.75) is 26.3 Å². The van der Waals surface area contributed by atoms with Gasteiger partial charge in [-0.2, -0.15) is 0 Å². The number of hydrogen-bond donors (Lipinski definition) is 1. The lowest BCUT2D eigenvalue weighted by Crippen LogP contribution is -2.14. The maximum Gasteiger partial charge on any atom is 0.137 e. The first-order chi connectivity index (χ1) is 10.2. The SMILES string of the molecule is CCOc1cncc(C(N)CCOc2cccc(C)c2)c1. The minimum absolute atomic E-state index is 0.109. The fraction of sp³-hybridized carbons (Fsp3) is 0.353. The largest absolute Gasteiger partial charge is 0.494 e. The second kappa shape index (κ2) is 7.64. The summed E-state index contributed by atoms with van der Waals surface area (Å²) in [5, 5.41) is 0. The molecule has 1 aromatic heterocycles. The molecule has 0 fully saturated rings. The summed E-state index contributed by atoms with van der Waals surface area (Å²) in [6.07, 6.45) is 4.20. The first-order valence-electron chi connectivity index (χ1n) is 7.22. The van der Waals surface area contributed by atoms with Crippen molar-refractivity contribution < 1.29 is 9.47 Å². The minimum Gasteiger partial charge on any atom is -0.494 e. The third kappa shape index (κ3) is 4.76. The molecule has 0 aliphatic carbocycles. The smallest absolute Gasteiger partial charge is 0.137 e. The average Bonchev–Trinajstić information content (AvgIpc) is 2.48. The predicted molar refractivity (Wildman–Crippen MR) is 83.6 cm³/mol. The van der Waals surface area contributed by atoms with Crippen LogP contribution >= 0.6 is 0 Å². The predicted octanol–water partition coefficient (Wildman–Crippen LogP) is 3.26. The van der Waals surface area contributed by atoms with Gasteiger partial charge in [0.1, 0.15) is 11.5 Å². The highest BCUT2D eigenvalue weighted by Gasteiger charge is 2.08. The van der Waals surface area contributed by atoms with E-state index in [0.29, 0.717) is 13.2 Å². The summed E-state index contributed by atoms with van der Waals surface area (Å²) in [6.45, 7) is 5.19. The molecule has 1 atom stereocenters. The Morgan fingerprint density at radius 3 is 2.76 bits per heavy atom. The second-order valence-corrected chi connectivity index (χ2v) is 4.95. The van der Waals surface area contributed by atoms with Crippen LogP contribution in [0.2, 0.25) is 0 Å². The molecule has 0 saturated carbocycles. The summed E-state index contributed by atoms with van der Waals surface area (Å²) in [4.78, 5) is 4.16. The molecule has 2 rings (SSSR count). The van der Waals surface area contributed by atoms with E-state index in [1.165, 1.54) is 5.56 Å². The van der Waals surface area contributed by atoms with Crippen molar-refractivity contribution in [3.05, 3.63) is 53.9 Å². The van der Waals surface area contributed by atoms with Crippen LogP contribution in [0.25, 0.3) is 0 Å². The fourth-order valence-corrected chi connectivity index (χ4v) is 2.06. The Balaban J connectivity index is 1.86. The zero-order valence-corrected chi connectivity index (χ0v) is 12.6. The minimum atomic E-state index is -0.109. The molecule has 1 heterocycles. The van der Waals surface area contributed by atoms with Gasteiger partial charge >= 0.3 is 0 Å². The lowest BCUT2D eigenvalue weighted by molar-refractivity contribution is 0.297. The summed E-state index contributed by atoms with van der Waals surface area (Å²) < 4.78 is 11.2. The number of rotatable bonds is 7. The normalized spacial score (nSPS) is 12.0.